The van der Waals surface area contributed by atoms with Gasteiger partial charge in [-0.3, -0.25) is 10.1 Å². The molecular weight excluding hydrogens is 623 g/mol. The molecule has 11 nitrogen and oxygen atoms in total. The third kappa shape index (κ3) is 12.9. The number of anilines is 1. The van der Waals surface area contributed by atoms with Crippen LogP contribution in [0.25, 0.3) is 0 Å². The summed E-state index contributed by atoms with van der Waals surface area (Å²) in [6, 6.07) is 7.98. The van der Waals surface area contributed by atoms with Gasteiger partial charge in [-0.05, 0) is 78.7 Å². The summed E-state index contributed by atoms with van der Waals surface area (Å²) in [4.78, 5) is 13.1. The lowest BCUT2D eigenvalue weighted by Crippen LogP contribution is -2.56. The molecule has 15 heteroatoms. The van der Waals surface area contributed by atoms with Crippen LogP contribution in [0.5, 0.6) is 0 Å². The van der Waals surface area contributed by atoms with Gasteiger partial charge >= 0.3 is 17.6 Å². The average Bonchev–Trinajstić information content (AvgIpc) is 2.92. The number of thiocarbonyl (C=S) groups is 1. The fraction of sp³-hybridized carbons (Fsp3) is 0.750. The standard InChI is InChI=1S/C28H55N3O8SSi3/c1-10-34-42(35-11-2,36-12-3)24-16-22-29(23-17-25-43(37-13-4,38-14-5)39-15-6)28(40)30(41(7,8)9)26-18-20-27(21-19-26)31(32)33/h18-21H,10-17,22-25H2,1-9H3. The molecule has 0 fully saturated rings. The van der Waals surface area contributed by atoms with Crippen LogP contribution in [-0.2, 0) is 26.6 Å². The van der Waals surface area contributed by atoms with Crippen molar-refractivity contribution < 1.29 is 31.5 Å². The minimum atomic E-state index is -2.83. The Bertz CT molecular complexity index is 890. The van der Waals surface area contributed by atoms with Crippen LogP contribution in [0.1, 0.15) is 54.4 Å². The maximum absolute atomic E-state index is 11.3. The predicted octanol–water partition coefficient (Wildman–Crippen LogP) is 6.70. The molecule has 0 aliphatic heterocycles. The highest BCUT2D eigenvalue weighted by Crippen LogP contribution is 2.28. The molecular formula is C28H55N3O8SSi3. The van der Waals surface area contributed by atoms with Crippen molar-refractivity contribution in [3.63, 3.8) is 0 Å². The molecule has 0 radical (unpaired) electrons. The summed E-state index contributed by atoms with van der Waals surface area (Å²) in [5.74, 6) is 0. The molecule has 248 valence electrons. The second-order valence-electron chi connectivity index (χ2n) is 10.7. The molecule has 0 heterocycles. The van der Waals surface area contributed by atoms with Gasteiger partial charge in [0.15, 0.2) is 13.3 Å². The van der Waals surface area contributed by atoms with Crippen LogP contribution < -0.4 is 4.57 Å². The van der Waals surface area contributed by atoms with Crippen LogP contribution in [0.2, 0.25) is 31.7 Å². The van der Waals surface area contributed by atoms with E-state index < -0.39 is 25.8 Å². The minimum absolute atomic E-state index is 0.0511. The first-order valence-corrected chi connectivity index (χ1v) is 23.3. The molecule has 0 N–H and O–H groups in total. The van der Waals surface area contributed by atoms with Gasteiger partial charge in [0.05, 0.1) is 4.92 Å². The number of hydrogen-bond donors (Lipinski definition) is 0. The summed E-state index contributed by atoms with van der Waals surface area (Å²) in [5.41, 5.74) is 0.901. The van der Waals surface area contributed by atoms with E-state index in [1.165, 1.54) is 12.1 Å². The van der Waals surface area contributed by atoms with Crippen molar-refractivity contribution in [3.05, 3.63) is 34.4 Å². The zero-order valence-corrected chi connectivity index (χ0v) is 31.6. The molecule has 1 rings (SSSR count). The van der Waals surface area contributed by atoms with E-state index in [2.05, 4.69) is 29.1 Å². The van der Waals surface area contributed by atoms with Gasteiger partial charge in [0.2, 0.25) is 0 Å². The summed E-state index contributed by atoms with van der Waals surface area (Å²) in [6.45, 7) is 22.9. The third-order valence-electron chi connectivity index (χ3n) is 6.46. The molecule has 1 aromatic carbocycles. The molecule has 0 spiro atoms. The highest BCUT2D eigenvalue weighted by atomic mass is 32.1. The Labute approximate surface area is 268 Å². The number of benzene rings is 1. The molecule has 0 saturated carbocycles. The fourth-order valence-corrected chi connectivity index (χ4v) is 12.9. The maximum Gasteiger partial charge on any atom is 0.500 e. The van der Waals surface area contributed by atoms with Gasteiger partial charge in [0.1, 0.15) is 0 Å². The summed E-state index contributed by atoms with van der Waals surface area (Å²) in [7, 11) is -7.73. The summed E-state index contributed by atoms with van der Waals surface area (Å²) in [6.07, 6.45) is 1.52. The third-order valence-corrected chi connectivity index (χ3v) is 15.2. The minimum Gasteiger partial charge on any atom is -0.374 e. The Morgan fingerprint density at radius 3 is 1.35 bits per heavy atom. The number of non-ortho nitro benzene ring substituents is 1. The maximum atomic E-state index is 11.3. The van der Waals surface area contributed by atoms with Gasteiger partial charge in [-0.1, -0.05) is 19.6 Å². The van der Waals surface area contributed by atoms with Crippen LogP contribution in [0, 0.1) is 10.1 Å². The lowest BCUT2D eigenvalue weighted by atomic mass is 10.3. The molecule has 0 saturated heterocycles. The lowest BCUT2D eigenvalue weighted by molar-refractivity contribution is -0.384. The Hall–Kier alpha value is -1.28. The van der Waals surface area contributed by atoms with E-state index in [9.17, 15) is 10.1 Å². The number of hydrogen-bond acceptors (Lipinski definition) is 9. The van der Waals surface area contributed by atoms with Gasteiger partial charge in [-0.2, -0.15) is 0 Å². The van der Waals surface area contributed by atoms with E-state index in [0.29, 0.717) is 69.9 Å². The van der Waals surface area contributed by atoms with Gasteiger partial charge in [0, 0.05) is 82.6 Å². The molecule has 43 heavy (non-hydrogen) atoms. The topological polar surface area (TPSA) is 105 Å². The normalized spacial score (nSPS) is 12.4. The Kier molecular flexibility index (Phi) is 18.5. The average molecular weight is 678 g/mol. The highest BCUT2D eigenvalue weighted by Gasteiger charge is 2.42. The van der Waals surface area contributed by atoms with Crippen LogP contribution in [0.3, 0.4) is 0 Å². The van der Waals surface area contributed by atoms with Gasteiger partial charge in [-0.25, -0.2) is 0 Å². The first kappa shape index (κ1) is 39.7. The second-order valence-corrected chi connectivity index (χ2v) is 21.3. The van der Waals surface area contributed by atoms with Crippen molar-refractivity contribution in [1.82, 2.24) is 4.90 Å². The molecule has 1 aromatic rings. The SMILES string of the molecule is CCO[Si](CCCN(CCC[Si](OCC)(OCC)OCC)C(=S)N(c1ccc([N+](=O)[O-])cc1)[Si](C)(C)C)(OCC)OCC. The van der Waals surface area contributed by atoms with Crippen molar-refractivity contribution in [2.45, 2.75) is 86.1 Å². The van der Waals surface area contributed by atoms with Crippen molar-refractivity contribution in [2.24, 2.45) is 0 Å². The van der Waals surface area contributed by atoms with Crippen LogP contribution in [-0.4, -0.2) is 93.5 Å². The summed E-state index contributed by atoms with van der Waals surface area (Å²) >= 11 is 6.22. The number of rotatable bonds is 23. The first-order valence-electron chi connectivity index (χ1n) is 15.5. The summed E-state index contributed by atoms with van der Waals surface area (Å²) in [5, 5.41) is 12.0. The quantitative estimate of drug-likeness (QED) is 0.0535. The van der Waals surface area contributed by atoms with Crippen molar-refractivity contribution in [2.75, 3.05) is 57.3 Å². The fourth-order valence-electron chi connectivity index (χ4n) is 4.93. The largest absolute Gasteiger partial charge is 0.500 e. The first-order chi connectivity index (χ1) is 20.4. The lowest BCUT2D eigenvalue weighted by Gasteiger charge is -2.41. The second kappa shape index (κ2) is 20.0. The van der Waals surface area contributed by atoms with E-state index in [-0.39, 0.29) is 10.6 Å². The zero-order chi connectivity index (χ0) is 32.5. The van der Waals surface area contributed by atoms with E-state index in [1.54, 1.807) is 12.1 Å². The molecule has 0 atom stereocenters. The van der Waals surface area contributed by atoms with Crippen molar-refractivity contribution >= 4 is 54.5 Å². The van der Waals surface area contributed by atoms with Crippen LogP contribution in [0.4, 0.5) is 11.4 Å². The molecule has 0 aliphatic rings. The van der Waals surface area contributed by atoms with Gasteiger partial charge in [0.25, 0.3) is 5.69 Å². The molecule has 0 amide bonds. The van der Waals surface area contributed by atoms with Gasteiger partial charge in [-0.15, -0.1) is 0 Å². The number of nitro groups is 1. The zero-order valence-electron chi connectivity index (χ0n) is 27.8. The Morgan fingerprint density at radius 1 is 0.721 bits per heavy atom. The Morgan fingerprint density at radius 2 is 1.07 bits per heavy atom. The van der Waals surface area contributed by atoms with Crippen LogP contribution >= 0.6 is 12.2 Å². The molecule has 0 bridgehead atoms. The highest BCUT2D eigenvalue weighted by molar-refractivity contribution is 7.80. The smallest absolute Gasteiger partial charge is 0.374 e. The van der Waals surface area contributed by atoms with Crippen LogP contribution in [0.15, 0.2) is 24.3 Å². The van der Waals surface area contributed by atoms with Crippen molar-refractivity contribution in [3.8, 4) is 0 Å². The van der Waals surface area contributed by atoms with E-state index >= 15 is 0 Å². The number of nitrogens with zero attached hydrogens (tertiary/aromatic N) is 3. The van der Waals surface area contributed by atoms with E-state index in [0.717, 1.165) is 18.5 Å². The van der Waals surface area contributed by atoms with Crippen molar-refractivity contribution in [1.29, 1.82) is 0 Å². The van der Waals surface area contributed by atoms with E-state index in [1.807, 2.05) is 41.5 Å². The molecule has 0 aromatic heterocycles. The monoisotopic (exact) mass is 677 g/mol. The predicted molar refractivity (Wildman–Crippen MR) is 183 cm³/mol. The molecule has 0 aliphatic carbocycles. The van der Waals surface area contributed by atoms with Gasteiger partial charge < -0.3 is 36.0 Å². The Balaban J connectivity index is 3.35. The summed E-state index contributed by atoms with van der Waals surface area (Å²) < 4.78 is 38.8. The molecule has 0 unspecified atom stereocenters. The van der Waals surface area contributed by atoms with E-state index in [4.69, 9.17) is 38.8 Å². The number of nitro benzene ring substituents is 1.